The first-order chi connectivity index (χ1) is 12.5. The van der Waals surface area contributed by atoms with E-state index in [1.807, 2.05) is 0 Å². The van der Waals surface area contributed by atoms with E-state index >= 15 is 0 Å². The summed E-state index contributed by atoms with van der Waals surface area (Å²) in [5, 5.41) is 19.6. The van der Waals surface area contributed by atoms with Gasteiger partial charge in [0.1, 0.15) is 5.76 Å². The van der Waals surface area contributed by atoms with Crippen LogP contribution in [0.25, 0.3) is 5.76 Å². The third-order valence-corrected chi connectivity index (χ3v) is 3.99. The Morgan fingerprint density at radius 1 is 1.08 bits per heavy atom. The minimum atomic E-state index is -1.21. The van der Waals surface area contributed by atoms with Gasteiger partial charge < -0.3 is 19.7 Å². The Bertz CT molecular complexity index is 974. The molecule has 0 saturated carbocycles. The Labute approximate surface area is 148 Å². The number of ketones is 1. The maximum Gasteiger partial charge on any atom is 0.338 e. The highest BCUT2D eigenvalue weighted by atomic mass is 16.5. The van der Waals surface area contributed by atoms with Crippen molar-refractivity contribution in [3.05, 3.63) is 58.7 Å². The maximum atomic E-state index is 12.4. The molecule has 0 amide bonds. The molecule has 1 aliphatic rings. The molecule has 2 N–H and O–H groups in total. The number of rotatable bonds is 5. The third kappa shape index (κ3) is 2.79. The van der Waals surface area contributed by atoms with Gasteiger partial charge in [0.2, 0.25) is 0 Å². The zero-order chi connectivity index (χ0) is 18.8. The Morgan fingerprint density at radius 2 is 1.69 bits per heavy atom. The van der Waals surface area contributed by atoms with E-state index < -0.39 is 5.97 Å². The van der Waals surface area contributed by atoms with Crippen LogP contribution in [0.2, 0.25) is 0 Å². The number of allylic oxidation sites excluding steroid dienone is 1. The van der Waals surface area contributed by atoms with E-state index in [-0.39, 0.29) is 34.1 Å². The highest BCUT2D eigenvalue weighted by Crippen LogP contribution is 2.35. The van der Waals surface area contributed by atoms with Gasteiger partial charge in [-0.2, -0.15) is 0 Å². The summed E-state index contributed by atoms with van der Waals surface area (Å²) in [6.07, 6.45) is 1.16. The predicted molar refractivity (Wildman–Crippen MR) is 95.0 cm³/mol. The Morgan fingerprint density at radius 3 is 2.27 bits per heavy atom. The molecule has 26 heavy (non-hydrogen) atoms. The van der Waals surface area contributed by atoms with Gasteiger partial charge in [0.05, 0.1) is 31.0 Å². The predicted octanol–water partition coefficient (Wildman–Crippen LogP) is 3.27. The molecule has 2 aromatic rings. The fraction of sp³-hybridized carbons (Fsp3) is 0.105. The summed E-state index contributed by atoms with van der Waals surface area (Å²) < 4.78 is 10.2. The normalized spacial score (nSPS) is 13.2. The van der Waals surface area contributed by atoms with Crippen molar-refractivity contribution in [2.24, 2.45) is 4.99 Å². The number of Topliss-reactive ketones (excluding diaryl/α,β-unsaturated/α-hetero) is 1. The van der Waals surface area contributed by atoms with E-state index in [0.717, 1.165) is 6.21 Å². The lowest BCUT2D eigenvalue weighted by Crippen LogP contribution is -2.02. The van der Waals surface area contributed by atoms with Crippen molar-refractivity contribution in [3.8, 4) is 11.5 Å². The van der Waals surface area contributed by atoms with Gasteiger partial charge in [-0.3, -0.25) is 9.79 Å². The molecule has 0 radical (unpaired) electrons. The molecule has 0 saturated heterocycles. The molecule has 0 unspecified atom stereocenters. The minimum Gasteiger partial charge on any atom is -0.506 e. The van der Waals surface area contributed by atoms with Crippen LogP contribution in [0.1, 0.15) is 26.3 Å². The average Bonchev–Trinajstić information content (AvgIpc) is 2.90. The first-order valence-corrected chi connectivity index (χ1v) is 7.58. The molecule has 3 rings (SSSR count). The van der Waals surface area contributed by atoms with Crippen LogP contribution in [0, 0.1) is 0 Å². The molecular weight excluding hydrogens is 338 g/mol. The third-order valence-electron chi connectivity index (χ3n) is 3.99. The highest BCUT2D eigenvalue weighted by Gasteiger charge is 2.28. The monoisotopic (exact) mass is 353 g/mol. The number of methoxy groups -OCH3 is 2. The maximum absolute atomic E-state index is 12.4. The number of aliphatic imine (C=N–C) groups is 1. The first-order valence-electron chi connectivity index (χ1n) is 7.58. The number of fused-ring (bicyclic) bond motifs is 1. The number of aromatic carboxylic acids is 1. The quantitative estimate of drug-likeness (QED) is 0.799. The lowest BCUT2D eigenvalue weighted by Gasteiger charge is -2.10. The van der Waals surface area contributed by atoms with Crippen LogP contribution in [0.4, 0.5) is 5.69 Å². The average molecular weight is 353 g/mol. The van der Waals surface area contributed by atoms with Crippen molar-refractivity contribution in [3.63, 3.8) is 0 Å². The topological polar surface area (TPSA) is 105 Å². The van der Waals surface area contributed by atoms with Gasteiger partial charge in [0.15, 0.2) is 17.3 Å². The number of carboxylic acid groups (broad SMARTS) is 1. The van der Waals surface area contributed by atoms with Crippen molar-refractivity contribution in [2.75, 3.05) is 14.2 Å². The van der Waals surface area contributed by atoms with E-state index in [9.17, 15) is 19.8 Å². The number of aliphatic hydroxyl groups is 1. The standard InChI is InChI=1S/C19H15NO6/c1-25-15-7-12(19(23)24)14(8-16(15)26-2)20-9-13-17(21)10-5-3-4-6-11(10)18(13)22/h3-9,21H,1-2H3,(H,23,24). The second kappa shape index (κ2) is 6.72. The number of benzene rings is 2. The zero-order valence-electron chi connectivity index (χ0n) is 14.0. The number of nitrogens with zero attached hydrogens (tertiary/aromatic N) is 1. The number of hydrogen-bond acceptors (Lipinski definition) is 6. The lowest BCUT2D eigenvalue weighted by molar-refractivity contribution is 0.0697. The molecule has 7 nitrogen and oxygen atoms in total. The molecule has 7 heteroatoms. The summed E-state index contributed by atoms with van der Waals surface area (Å²) in [5.74, 6) is -1.23. The minimum absolute atomic E-state index is 0.00248. The Kier molecular flexibility index (Phi) is 4.45. The van der Waals surface area contributed by atoms with E-state index in [0.29, 0.717) is 16.9 Å². The lowest BCUT2D eigenvalue weighted by atomic mass is 10.1. The highest BCUT2D eigenvalue weighted by molar-refractivity contribution is 6.30. The Balaban J connectivity index is 2.05. The molecule has 2 aromatic carbocycles. The number of aliphatic hydroxyl groups excluding tert-OH is 1. The van der Waals surface area contributed by atoms with E-state index in [1.54, 1.807) is 24.3 Å². The molecule has 0 bridgehead atoms. The van der Waals surface area contributed by atoms with Crippen molar-refractivity contribution >= 4 is 29.4 Å². The van der Waals surface area contributed by atoms with Crippen LogP contribution in [-0.2, 0) is 0 Å². The molecule has 0 atom stereocenters. The van der Waals surface area contributed by atoms with Gasteiger partial charge in [-0.25, -0.2) is 4.79 Å². The Hall–Kier alpha value is -3.61. The summed E-state index contributed by atoms with van der Waals surface area (Å²) in [4.78, 5) is 28.0. The fourth-order valence-corrected chi connectivity index (χ4v) is 2.69. The molecule has 132 valence electrons. The number of carboxylic acids is 1. The first kappa shape index (κ1) is 17.2. The van der Waals surface area contributed by atoms with Gasteiger partial charge in [0.25, 0.3) is 0 Å². The van der Waals surface area contributed by atoms with Crippen LogP contribution in [0.15, 0.2) is 47.0 Å². The molecule has 0 spiro atoms. The molecule has 0 aliphatic heterocycles. The van der Waals surface area contributed by atoms with Crippen LogP contribution < -0.4 is 9.47 Å². The second-order valence-corrected chi connectivity index (χ2v) is 5.42. The summed E-state index contributed by atoms with van der Waals surface area (Å²) in [5.41, 5.74) is 0.736. The van der Waals surface area contributed by atoms with E-state index in [2.05, 4.69) is 4.99 Å². The van der Waals surface area contributed by atoms with Crippen molar-refractivity contribution in [1.82, 2.24) is 0 Å². The largest absolute Gasteiger partial charge is 0.506 e. The van der Waals surface area contributed by atoms with Gasteiger partial charge in [-0.1, -0.05) is 24.3 Å². The van der Waals surface area contributed by atoms with Crippen LogP contribution in [0.3, 0.4) is 0 Å². The van der Waals surface area contributed by atoms with Crippen LogP contribution >= 0.6 is 0 Å². The smallest absolute Gasteiger partial charge is 0.338 e. The number of hydrogen-bond donors (Lipinski definition) is 2. The molecule has 0 heterocycles. The van der Waals surface area contributed by atoms with Crippen LogP contribution in [0.5, 0.6) is 11.5 Å². The molecule has 0 aromatic heterocycles. The summed E-state index contributed by atoms with van der Waals surface area (Å²) >= 11 is 0. The SMILES string of the molecule is COc1cc(N=CC2=C(O)c3ccccc3C2=O)c(C(=O)O)cc1OC. The summed E-state index contributed by atoms with van der Waals surface area (Å²) in [6, 6.07) is 9.31. The second-order valence-electron chi connectivity index (χ2n) is 5.42. The molecule has 0 fully saturated rings. The van der Waals surface area contributed by atoms with Crippen molar-refractivity contribution in [1.29, 1.82) is 0 Å². The van der Waals surface area contributed by atoms with Gasteiger partial charge in [0, 0.05) is 29.5 Å². The van der Waals surface area contributed by atoms with Crippen LogP contribution in [-0.4, -0.2) is 42.4 Å². The van der Waals surface area contributed by atoms with Crippen molar-refractivity contribution < 1.29 is 29.3 Å². The van der Waals surface area contributed by atoms with Gasteiger partial charge in [-0.05, 0) is 0 Å². The zero-order valence-corrected chi connectivity index (χ0v) is 14.0. The van der Waals surface area contributed by atoms with Gasteiger partial charge in [-0.15, -0.1) is 0 Å². The molecular formula is C19H15NO6. The number of carbonyl (C=O) groups is 2. The number of carbonyl (C=O) groups excluding carboxylic acids is 1. The molecule has 1 aliphatic carbocycles. The summed E-state index contributed by atoms with van der Waals surface area (Å²) in [7, 11) is 2.81. The fourth-order valence-electron chi connectivity index (χ4n) is 2.69. The van der Waals surface area contributed by atoms with E-state index in [4.69, 9.17) is 9.47 Å². The van der Waals surface area contributed by atoms with E-state index in [1.165, 1.54) is 26.4 Å². The van der Waals surface area contributed by atoms with Gasteiger partial charge >= 0.3 is 5.97 Å². The number of ether oxygens (including phenoxy) is 2. The van der Waals surface area contributed by atoms with Crippen molar-refractivity contribution in [2.45, 2.75) is 0 Å². The summed E-state index contributed by atoms with van der Waals surface area (Å²) in [6.45, 7) is 0.